The maximum Gasteiger partial charge on any atom is 0.123 e. The van der Waals surface area contributed by atoms with Crippen LogP contribution in [0, 0.1) is 11.7 Å². The van der Waals surface area contributed by atoms with Gasteiger partial charge in [0.05, 0.1) is 0 Å². The van der Waals surface area contributed by atoms with Gasteiger partial charge in [0.1, 0.15) is 5.82 Å². The highest BCUT2D eigenvalue weighted by atomic mass is 19.1. The molecule has 1 atom stereocenters. The second-order valence-corrected chi connectivity index (χ2v) is 4.87. The van der Waals surface area contributed by atoms with Crippen molar-refractivity contribution in [3.8, 4) is 0 Å². The minimum Gasteiger partial charge on any atom is -0.314 e. The normalized spacial score (nSPS) is 13.1. The molecule has 16 heavy (non-hydrogen) atoms. The molecule has 0 fully saturated rings. The number of rotatable bonds is 6. The highest BCUT2D eigenvalue weighted by molar-refractivity contribution is 5.16. The highest BCUT2D eigenvalue weighted by Crippen LogP contribution is 2.07. The van der Waals surface area contributed by atoms with E-state index in [2.05, 4.69) is 26.1 Å². The summed E-state index contributed by atoms with van der Waals surface area (Å²) in [6.45, 7) is 7.68. The van der Waals surface area contributed by atoms with Crippen molar-refractivity contribution in [1.82, 2.24) is 5.32 Å². The summed E-state index contributed by atoms with van der Waals surface area (Å²) in [4.78, 5) is 0. The minimum absolute atomic E-state index is 0.158. The van der Waals surface area contributed by atoms with E-state index in [0.717, 1.165) is 19.4 Å². The maximum atomic E-state index is 12.7. The quantitative estimate of drug-likeness (QED) is 0.779. The molecule has 0 radical (unpaired) electrons. The van der Waals surface area contributed by atoms with Gasteiger partial charge in [-0.15, -0.1) is 0 Å². The predicted molar refractivity (Wildman–Crippen MR) is 67.0 cm³/mol. The van der Waals surface area contributed by atoms with Crippen LogP contribution in [-0.4, -0.2) is 12.6 Å². The lowest BCUT2D eigenvalue weighted by Gasteiger charge is -2.15. The van der Waals surface area contributed by atoms with Gasteiger partial charge in [0.25, 0.3) is 0 Å². The molecule has 1 unspecified atom stereocenters. The van der Waals surface area contributed by atoms with Crippen molar-refractivity contribution in [2.75, 3.05) is 6.54 Å². The Balaban J connectivity index is 2.26. The smallest absolute Gasteiger partial charge is 0.123 e. The van der Waals surface area contributed by atoms with Crippen LogP contribution >= 0.6 is 0 Å². The Kier molecular flexibility index (Phi) is 5.47. The topological polar surface area (TPSA) is 12.0 Å². The molecule has 1 N–H and O–H groups in total. The maximum absolute atomic E-state index is 12.7. The van der Waals surface area contributed by atoms with Gasteiger partial charge in [0.15, 0.2) is 0 Å². The van der Waals surface area contributed by atoms with Crippen LogP contribution in [0.15, 0.2) is 24.3 Å². The molecule has 0 bridgehead atoms. The average Bonchev–Trinajstić information content (AvgIpc) is 2.25. The Morgan fingerprint density at radius 1 is 1.12 bits per heavy atom. The lowest BCUT2D eigenvalue weighted by Crippen LogP contribution is -2.29. The largest absolute Gasteiger partial charge is 0.314 e. The van der Waals surface area contributed by atoms with Crippen molar-refractivity contribution in [2.45, 2.75) is 39.7 Å². The number of benzene rings is 1. The SMILES string of the molecule is CC(C)CNC(C)CCc1ccc(F)cc1. The molecule has 0 saturated carbocycles. The summed E-state index contributed by atoms with van der Waals surface area (Å²) in [5.41, 5.74) is 1.21. The molecular weight excluding hydrogens is 201 g/mol. The van der Waals surface area contributed by atoms with Gasteiger partial charge in [-0.1, -0.05) is 26.0 Å². The van der Waals surface area contributed by atoms with E-state index in [1.54, 1.807) is 0 Å². The molecule has 0 aliphatic carbocycles. The molecule has 1 aromatic rings. The number of aryl methyl sites for hydroxylation is 1. The fraction of sp³-hybridized carbons (Fsp3) is 0.571. The van der Waals surface area contributed by atoms with Crippen molar-refractivity contribution >= 4 is 0 Å². The van der Waals surface area contributed by atoms with Crippen LogP contribution in [0.1, 0.15) is 32.8 Å². The molecule has 1 nitrogen and oxygen atoms in total. The van der Waals surface area contributed by atoms with Gasteiger partial charge in [-0.25, -0.2) is 4.39 Å². The zero-order chi connectivity index (χ0) is 12.0. The summed E-state index contributed by atoms with van der Waals surface area (Å²) in [5.74, 6) is 0.531. The first-order valence-corrected chi connectivity index (χ1v) is 6.05. The summed E-state index contributed by atoms with van der Waals surface area (Å²) in [5, 5.41) is 3.49. The van der Waals surface area contributed by atoms with Crippen LogP contribution in [-0.2, 0) is 6.42 Å². The van der Waals surface area contributed by atoms with E-state index in [0.29, 0.717) is 12.0 Å². The van der Waals surface area contributed by atoms with E-state index >= 15 is 0 Å². The molecule has 0 saturated heterocycles. The van der Waals surface area contributed by atoms with Crippen LogP contribution in [0.2, 0.25) is 0 Å². The van der Waals surface area contributed by atoms with Crippen LogP contribution in [0.4, 0.5) is 4.39 Å². The third kappa shape index (κ3) is 5.26. The molecule has 0 aromatic heterocycles. The summed E-state index contributed by atoms with van der Waals surface area (Å²) in [7, 11) is 0. The van der Waals surface area contributed by atoms with E-state index in [1.807, 2.05) is 12.1 Å². The molecular formula is C14H22FN. The zero-order valence-electron chi connectivity index (χ0n) is 10.5. The lowest BCUT2D eigenvalue weighted by atomic mass is 10.1. The van der Waals surface area contributed by atoms with Gasteiger partial charge in [0.2, 0.25) is 0 Å². The first-order valence-electron chi connectivity index (χ1n) is 6.05. The summed E-state index contributed by atoms with van der Waals surface area (Å²) >= 11 is 0. The van der Waals surface area contributed by atoms with Gasteiger partial charge in [-0.2, -0.15) is 0 Å². The Bertz CT molecular complexity index is 292. The van der Waals surface area contributed by atoms with Gasteiger partial charge in [-0.3, -0.25) is 0 Å². The van der Waals surface area contributed by atoms with Crippen LogP contribution in [0.25, 0.3) is 0 Å². The fourth-order valence-corrected chi connectivity index (χ4v) is 1.57. The van der Waals surface area contributed by atoms with E-state index in [9.17, 15) is 4.39 Å². The van der Waals surface area contributed by atoms with Gasteiger partial charge in [0, 0.05) is 6.04 Å². The number of halogens is 1. The first-order chi connectivity index (χ1) is 7.58. The zero-order valence-corrected chi connectivity index (χ0v) is 10.5. The van der Waals surface area contributed by atoms with Crippen LogP contribution in [0.3, 0.4) is 0 Å². The van der Waals surface area contributed by atoms with Crippen molar-refractivity contribution in [3.63, 3.8) is 0 Å². The Morgan fingerprint density at radius 3 is 2.31 bits per heavy atom. The summed E-state index contributed by atoms with van der Waals surface area (Å²) in [6.07, 6.45) is 2.10. The van der Waals surface area contributed by atoms with Crippen LogP contribution in [0.5, 0.6) is 0 Å². The molecule has 0 spiro atoms. The van der Waals surface area contributed by atoms with Crippen molar-refractivity contribution in [2.24, 2.45) is 5.92 Å². The first kappa shape index (κ1) is 13.2. The third-order valence-electron chi connectivity index (χ3n) is 2.65. The molecule has 0 amide bonds. The highest BCUT2D eigenvalue weighted by Gasteiger charge is 2.03. The van der Waals surface area contributed by atoms with E-state index in [-0.39, 0.29) is 5.82 Å². The number of hydrogen-bond donors (Lipinski definition) is 1. The summed E-state index contributed by atoms with van der Waals surface area (Å²) < 4.78 is 12.7. The molecule has 2 heteroatoms. The summed E-state index contributed by atoms with van der Waals surface area (Å²) in [6, 6.07) is 7.31. The van der Waals surface area contributed by atoms with Crippen molar-refractivity contribution in [3.05, 3.63) is 35.6 Å². The van der Waals surface area contributed by atoms with Crippen molar-refractivity contribution < 1.29 is 4.39 Å². The van der Waals surface area contributed by atoms with Gasteiger partial charge in [-0.05, 0) is 49.9 Å². The van der Waals surface area contributed by atoms with Gasteiger partial charge < -0.3 is 5.32 Å². The van der Waals surface area contributed by atoms with E-state index in [4.69, 9.17) is 0 Å². The van der Waals surface area contributed by atoms with Crippen LogP contribution < -0.4 is 5.32 Å². The lowest BCUT2D eigenvalue weighted by molar-refractivity contribution is 0.464. The Labute approximate surface area is 98.1 Å². The average molecular weight is 223 g/mol. The molecule has 0 aliphatic rings. The predicted octanol–water partition coefficient (Wildman–Crippen LogP) is 3.39. The molecule has 1 rings (SSSR count). The number of nitrogens with one attached hydrogen (secondary N) is 1. The second-order valence-electron chi connectivity index (χ2n) is 4.87. The van der Waals surface area contributed by atoms with Gasteiger partial charge >= 0.3 is 0 Å². The Hall–Kier alpha value is -0.890. The molecule has 0 aliphatic heterocycles. The third-order valence-corrected chi connectivity index (χ3v) is 2.65. The minimum atomic E-state index is -0.158. The molecule has 0 heterocycles. The molecule has 1 aromatic carbocycles. The second kappa shape index (κ2) is 6.64. The van der Waals surface area contributed by atoms with E-state index < -0.39 is 0 Å². The number of hydrogen-bond acceptors (Lipinski definition) is 1. The molecule has 90 valence electrons. The Morgan fingerprint density at radius 2 is 1.75 bits per heavy atom. The standard InChI is InChI=1S/C14H22FN/c1-11(2)10-16-12(3)4-5-13-6-8-14(15)9-7-13/h6-9,11-12,16H,4-5,10H2,1-3H3. The van der Waals surface area contributed by atoms with Crippen molar-refractivity contribution in [1.29, 1.82) is 0 Å². The fourth-order valence-electron chi connectivity index (χ4n) is 1.57. The monoisotopic (exact) mass is 223 g/mol. The van der Waals surface area contributed by atoms with E-state index in [1.165, 1.54) is 17.7 Å².